The lowest BCUT2D eigenvalue weighted by atomic mass is 9.97. The fourth-order valence-electron chi connectivity index (χ4n) is 1.92. The summed E-state index contributed by atoms with van der Waals surface area (Å²) in [5.74, 6) is 0.225. The molecule has 1 aromatic carbocycles. The van der Waals surface area contributed by atoms with E-state index in [1.54, 1.807) is 13.0 Å². The van der Waals surface area contributed by atoms with Crippen LogP contribution >= 0.6 is 11.6 Å². The van der Waals surface area contributed by atoms with Gasteiger partial charge in [0.15, 0.2) is 17.6 Å². The molecule has 1 atom stereocenters. The van der Waals surface area contributed by atoms with Crippen LogP contribution in [0.4, 0.5) is 0 Å². The molecule has 1 heterocycles. The molecule has 0 aromatic heterocycles. The number of ether oxygens (including phenoxy) is 3. The van der Waals surface area contributed by atoms with Gasteiger partial charge in [0.05, 0.1) is 24.8 Å². The van der Waals surface area contributed by atoms with Crippen molar-refractivity contribution in [3.05, 3.63) is 22.7 Å². The van der Waals surface area contributed by atoms with Crippen molar-refractivity contribution in [2.75, 3.05) is 19.8 Å². The average Bonchev–Trinajstić information content (AvgIpc) is 2.57. The van der Waals surface area contributed by atoms with Gasteiger partial charge in [0.1, 0.15) is 0 Å². The second-order valence-electron chi connectivity index (χ2n) is 5.72. The molecule has 0 spiro atoms. The third-order valence-electron chi connectivity index (χ3n) is 3.10. The predicted molar refractivity (Wildman–Crippen MR) is 77.8 cm³/mol. The van der Waals surface area contributed by atoms with E-state index in [4.69, 9.17) is 25.8 Å². The van der Waals surface area contributed by atoms with Crippen molar-refractivity contribution >= 4 is 17.6 Å². The highest BCUT2D eigenvalue weighted by molar-refractivity contribution is 6.31. The van der Waals surface area contributed by atoms with E-state index in [0.717, 1.165) is 0 Å². The van der Waals surface area contributed by atoms with Crippen molar-refractivity contribution in [2.45, 2.75) is 26.9 Å². The molecule has 0 saturated carbocycles. The van der Waals surface area contributed by atoms with Gasteiger partial charge in [0.25, 0.3) is 0 Å². The highest BCUT2D eigenvalue weighted by Crippen LogP contribution is 2.39. The number of esters is 1. The van der Waals surface area contributed by atoms with Crippen LogP contribution in [-0.2, 0) is 9.53 Å². The zero-order chi connectivity index (χ0) is 15.6. The molecule has 2 rings (SSSR count). The van der Waals surface area contributed by atoms with Crippen molar-refractivity contribution in [2.24, 2.45) is 5.41 Å². The Bertz CT molecular complexity index is 541. The number of aliphatic hydroxyl groups excluding tert-OH is 1. The fraction of sp³-hybridized carbons (Fsp3) is 0.533. The maximum absolute atomic E-state index is 11.6. The van der Waals surface area contributed by atoms with Gasteiger partial charge in [-0.1, -0.05) is 25.4 Å². The van der Waals surface area contributed by atoms with Crippen molar-refractivity contribution in [1.29, 1.82) is 0 Å². The molecular weight excluding hydrogens is 296 g/mol. The van der Waals surface area contributed by atoms with Gasteiger partial charge >= 0.3 is 5.97 Å². The summed E-state index contributed by atoms with van der Waals surface area (Å²) in [4.78, 5) is 11.6. The average molecular weight is 315 g/mol. The highest BCUT2D eigenvalue weighted by Gasteiger charge is 2.28. The van der Waals surface area contributed by atoms with Gasteiger partial charge in [-0.2, -0.15) is 0 Å². The molecule has 0 amide bonds. The number of halogens is 1. The van der Waals surface area contributed by atoms with Crippen molar-refractivity contribution in [3.63, 3.8) is 0 Å². The Kier molecular flexibility index (Phi) is 4.64. The Morgan fingerprint density at radius 3 is 2.52 bits per heavy atom. The van der Waals surface area contributed by atoms with Crippen molar-refractivity contribution in [1.82, 2.24) is 0 Å². The number of fused-ring (bicyclic) bond motifs is 1. The second kappa shape index (κ2) is 6.12. The molecule has 5 nitrogen and oxygen atoms in total. The smallest absolute Gasteiger partial charge is 0.339 e. The first-order valence-corrected chi connectivity index (χ1v) is 7.15. The Hall–Kier alpha value is -1.46. The molecular formula is C15H19ClO5. The van der Waals surface area contributed by atoms with E-state index in [1.165, 1.54) is 6.07 Å². The number of hydrogen-bond acceptors (Lipinski definition) is 5. The Morgan fingerprint density at radius 2 is 1.95 bits per heavy atom. The largest absolute Gasteiger partial charge is 0.489 e. The van der Waals surface area contributed by atoms with E-state index in [2.05, 4.69) is 0 Å². The summed E-state index contributed by atoms with van der Waals surface area (Å²) in [6.07, 6.45) is -1.44. The van der Waals surface area contributed by atoms with E-state index < -0.39 is 12.1 Å². The third-order valence-corrected chi connectivity index (χ3v) is 3.43. The third kappa shape index (κ3) is 3.60. The standard InChI is InChI=1S/C15H19ClO5/c1-4-19-14(18)13(17)9-5-11-12(6-10(9)16)21-8-15(2,3)7-20-11/h5-6,13,17H,4,7-8H2,1-3H3. The molecule has 0 saturated heterocycles. The summed E-state index contributed by atoms with van der Waals surface area (Å²) in [6.45, 7) is 6.87. The first-order chi connectivity index (χ1) is 9.84. The molecule has 1 aliphatic rings. The maximum Gasteiger partial charge on any atom is 0.339 e. The summed E-state index contributed by atoms with van der Waals surface area (Å²) in [5.41, 5.74) is 0.114. The monoisotopic (exact) mass is 314 g/mol. The van der Waals surface area contributed by atoms with Gasteiger partial charge in [-0.15, -0.1) is 0 Å². The van der Waals surface area contributed by atoms with E-state index in [0.29, 0.717) is 24.7 Å². The van der Waals surface area contributed by atoms with Crippen LogP contribution in [0, 0.1) is 5.41 Å². The van der Waals surface area contributed by atoms with Gasteiger partial charge in [0, 0.05) is 17.0 Å². The fourth-order valence-corrected chi connectivity index (χ4v) is 2.18. The van der Waals surface area contributed by atoms with Gasteiger partial charge in [-0.05, 0) is 13.0 Å². The van der Waals surface area contributed by atoms with Gasteiger partial charge in [-0.25, -0.2) is 4.79 Å². The number of hydrogen-bond donors (Lipinski definition) is 1. The molecule has 1 unspecified atom stereocenters. The molecule has 0 fully saturated rings. The summed E-state index contributed by atoms with van der Waals surface area (Å²) < 4.78 is 16.2. The van der Waals surface area contributed by atoms with Crippen LogP contribution in [0.3, 0.4) is 0 Å². The first kappa shape index (κ1) is 15.9. The molecule has 21 heavy (non-hydrogen) atoms. The van der Waals surface area contributed by atoms with Crippen LogP contribution in [-0.4, -0.2) is 30.9 Å². The van der Waals surface area contributed by atoms with Crippen LogP contribution in [0.5, 0.6) is 11.5 Å². The second-order valence-corrected chi connectivity index (χ2v) is 6.12. The van der Waals surface area contributed by atoms with Crippen molar-refractivity contribution in [3.8, 4) is 11.5 Å². The molecule has 1 aliphatic heterocycles. The number of benzene rings is 1. The van der Waals surface area contributed by atoms with Crippen LogP contribution in [0.2, 0.25) is 5.02 Å². The summed E-state index contributed by atoms with van der Waals surface area (Å²) in [5, 5.41) is 10.3. The summed E-state index contributed by atoms with van der Waals surface area (Å²) in [6, 6.07) is 3.08. The molecule has 6 heteroatoms. The number of rotatable bonds is 3. The SMILES string of the molecule is CCOC(=O)C(O)c1cc2c(cc1Cl)OCC(C)(C)CO2. The Balaban J connectivity index is 2.31. The molecule has 0 bridgehead atoms. The van der Waals surface area contributed by atoms with E-state index >= 15 is 0 Å². The lowest BCUT2D eigenvalue weighted by Gasteiger charge is -2.19. The first-order valence-electron chi connectivity index (χ1n) is 6.78. The minimum atomic E-state index is -1.44. The molecule has 116 valence electrons. The molecule has 1 N–H and O–H groups in total. The Morgan fingerprint density at radius 1 is 1.38 bits per heavy atom. The zero-order valence-electron chi connectivity index (χ0n) is 12.3. The van der Waals surface area contributed by atoms with E-state index in [-0.39, 0.29) is 22.6 Å². The van der Waals surface area contributed by atoms with Gasteiger partial charge in [-0.3, -0.25) is 0 Å². The minimum absolute atomic E-state index is 0.134. The van der Waals surface area contributed by atoms with Crippen LogP contribution in [0.1, 0.15) is 32.4 Å². The van der Waals surface area contributed by atoms with Crippen LogP contribution < -0.4 is 9.47 Å². The molecule has 1 aromatic rings. The number of carbonyl (C=O) groups is 1. The quantitative estimate of drug-likeness (QED) is 0.869. The predicted octanol–water partition coefficient (Wildman–Crippen LogP) is 2.73. The van der Waals surface area contributed by atoms with E-state index in [9.17, 15) is 9.90 Å². The topological polar surface area (TPSA) is 65.0 Å². The molecule has 0 radical (unpaired) electrons. The van der Waals surface area contributed by atoms with Gasteiger partial charge in [0.2, 0.25) is 0 Å². The van der Waals surface area contributed by atoms with Gasteiger partial charge < -0.3 is 19.3 Å². The lowest BCUT2D eigenvalue weighted by Crippen LogP contribution is -2.26. The maximum atomic E-state index is 11.6. The van der Waals surface area contributed by atoms with E-state index in [1.807, 2.05) is 13.8 Å². The van der Waals surface area contributed by atoms with Crippen LogP contribution in [0.25, 0.3) is 0 Å². The minimum Gasteiger partial charge on any atom is -0.489 e. The summed E-state index contributed by atoms with van der Waals surface area (Å²) in [7, 11) is 0. The highest BCUT2D eigenvalue weighted by atomic mass is 35.5. The number of aliphatic hydroxyl groups is 1. The summed E-state index contributed by atoms with van der Waals surface area (Å²) >= 11 is 6.12. The zero-order valence-corrected chi connectivity index (χ0v) is 13.1. The van der Waals surface area contributed by atoms with Crippen molar-refractivity contribution < 1.29 is 24.1 Å². The lowest BCUT2D eigenvalue weighted by molar-refractivity contribution is -0.153. The number of carbonyl (C=O) groups excluding carboxylic acids is 1. The van der Waals surface area contributed by atoms with Crippen LogP contribution in [0.15, 0.2) is 12.1 Å². The Labute approximate surface area is 128 Å². The normalized spacial score (nSPS) is 17.8. The molecule has 0 aliphatic carbocycles.